The fraction of sp³-hybridized carbons (Fsp3) is 0. The highest BCUT2D eigenvalue weighted by Gasteiger charge is 2.17. The summed E-state index contributed by atoms with van der Waals surface area (Å²) in [5.41, 5.74) is 15.5. The molecule has 1 heterocycles. The third-order valence-electron chi connectivity index (χ3n) is 12.5. The Bertz CT molecular complexity index is 3580. The summed E-state index contributed by atoms with van der Waals surface area (Å²) >= 11 is 0. The third-order valence-corrected chi connectivity index (χ3v) is 12.5. The standard InChI is InChI=1S/C60H39N/c1-4-15-40(16-5-1)42-19-14-20-43(33-42)47-34-48(45-27-30-55-53-25-11-10-23-51(53)52-24-12-13-26-54(52)57(55)37-45)36-49(35-47)46-28-31-56-58-38-44(41-17-6-2-7-18-41)29-32-59(58)61(60(56)39-46)50-21-8-3-9-22-50/h1-39H. The Morgan fingerprint density at radius 1 is 0.180 bits per heavy atom. The van der Waals surface area contributed by atoms with Crippen molar-refractivity contribution in [1.82, 2.24) is 4.57 Å². The smallest absolute Gasteiger partial charge is 0.0547 e. The maximum atomic E-state index is 2.43. The van der Waals surface area contributed by atoms with Crippen LogP contribution >= 0.6 is 0 Å². The van der Waals surface area contributed by atoms with Gasteiger partial charge in [0, 0.05) is 16.5 Å². The number of aromatic nitrogens is 1. The van der Waals surface area contributed by atoms with E-state index in [1.54, 1.807) is 0 Å². The van der Waals surface area contributed by atoms with E-state index in [4.69, 9.17) is 0 Å². The predicted molar refractivity (Wildman–Crippen MR) is 260 cm³/mol. The summed E-state index contributed by atoms with van der Waals surface area (Å²) in [6.07, 6.45) is 0. The zero-order valence-electron chi connectivity index (χ0n) is 33.5. The van der Waals surface area contributed by atoms with Gasteiger partial charge in [0.2, 0.25) is 0 Å². The van der Waals surface area contributed by atoms with Crippen molar-refractivity contribution >= 4 is 54.1 Å². The average Bonchev–Trinajstić information content (AvgIpc) is 3.67. The second-order valence-corrected chi connectivity index (χ2v) is 16.1. The lowest BCUT2D eigenvalue weighted by Gasteiger charge is -2.15. The second kappa shape index (κ2) is 14.4. The van der Waals surface area contributed by atoms with Crippen molar-refractivity contribution < 1.29 is 0 Å². The molecule has 0 amide bonds. The van der Waals surface area contributed by atoms with E-state index in [0.29, 0.717) is 0 Å². The third kappa shape index (κ3) is 6.02. The fourth-order valence-corrected chi connectivity index (χ4v) is 9.59. The van der Waals surface area contributed by atoms with Gasteiger partial charge in [0.05, 0.1) is 11.0 Å². The number of benzene rings is 11. The lowest BCUT2D eigenvalue weighted by atomic mass is 9.89. The Balaban J connectivity index is 1.09. The topological polar surface area (TPSA) is 4.93 Å². The molecule has 0 unspecified atom stereocenters. The van der Waals surface area contributed by atoms with Gasteiger partial charge in [-0.15, -0.1) is 0 Å². The van der Waals surface area contributed by atoms with E-state index in [-0.39, 0.29) is 0 Å². The molecule has 0 aliphatic carbocycles. The van der Waals surface area contributed by atoms with Crippen LogP contribution < -0.4 is 0 Å². The number of rotatable bonds is 6. The molecule has 12 aromatic rings. The van der Waals surface area contributed by atoms with E-state index in [2.05, 4.69) is 241 Å². The maximum absolute atomic E-state index is 2.43. The summed E-state index contributed by atoms with van der Waals surface area (Å²) < 4.78 is 2.43. The molecule has 0 saturated carbocycles. The number of hydrogen-bond donors (Lipinski definition) is 0. The van der Waals surface area contributed by atoms with Crippen LogP contribution in [-0.4, -0.2) is 4.57 Å². The van der Waals surface area contributed by atoms with Crippen LogP contribution in [0.2, 0.25) is 0 Å². The van der Waals surface area contributed by atoms with Gasteiger partial charge in [0.1, 0.15) is 0 Å². The molecular weight excluding hydrogens is 735 g/mol. The second-order valence-electron chi connectivity index (χ2n) is 16.1. The van der Waals surface area contributed by atoms with Gasteiger partial charge in [-0.2, -0.15) is 0 Å². The van der Waals surface area contributed by atoms with Crippen LogP contribution in [0.3, 0.4) is 0 Å². The normalized spacial score (nSPS) is 11.6. The summed E-state index contributed by atoms with van der Waals surface area (Å²) in [7, 11) is 0. The van der Waals surface area contributed by atoms with Crippen LogP contribution in [0.5, 0.6) is 0 Å². The van der Waals surface area contributed by atoms with Crippen molar-refractivity contribution in [3.63, 3.8) is 0 Å². The largest absolute Gasteiger partial charge is 0.309 e. The molecule has 1 nitrogen and oxygen atoms in total. The molecule has 1 aromatic heterocycles. The van der Waals surface area contributed by atoms with E-state index in [1.165, 1.54) is 110 Å². The highest BCUT2D eigenvalue weighted by molar-refractivity contribution is 6.25. The van der Waals surface area contributed by atoms with Crippen LogP contribution in [0.1, 0.15) is 0 Å². The SMILES string of the molecule is c1ccc(-c2cccc(-c3cc(-c4ccc5c6ccccc6c6ccccc6c5c4)cc(-c4ccc5c6cc(-c7ccccc7)ccc6n(-c6ccccc6)c5c4)c3)c2)cc1. The molecule has 0 fully saturated rings. The molecule has 0 aliphatic heterocycles. The van der Waals surface area contributed by atoms with Gasteiger partial charge in [0.15, 0.2) is 0 Å². The Morgan fingerprint density at radius 3 is 1.15 bits per heavy atom. The predicted octanol–water partition coefficient (Wildman–Crippen LogP) is 16.6. The summed E-state index contributed by atoms with van der Waals surface area (Å²) in [4.78, 5) is 0. The van der Waals surface area contributed by atoms with Crippen LogP contribution in [0.4, 0.5) is 0 Å². The average molecular weight is 774 g/mol. The van der Waals surface area contributed by atoms with Gasteiger partial charge in [-0.1, -0.05) is 176 Å². The lowest BCUT2D eigenvalue weighted by molar-refractivity contribution is 1.18. The van der Waals surface area contributed by atoms with E-state index in [0.717, 1.165) is 5.69 Å². The van der Waals surface area contributed by atoms with Crippen molar-refractivity contribution in [2.45, 2.75) is 0 Å². The van der Waals surface area contributed by atoms with Crippen molar-refractivity contribution in [1.29, 1.82) is 0 Å². The first-order chi connectivity index (χ1) is 30.2. The van der Waals surface area contributed by atoms with Gasteiger partial charge < -0.3 is 4.57 Å². The van der Waals surface area contributed by atoms with Gasteiger partial charge in [-0.3, -0.25) is 0 Å². The molecule has 1 heteroatoms. The number of nitrogens with zero attached hydrogens (tertiary/aromatic N) is 1. The van der Waals surface area contributed by atoms with Gasteiger partial charge in [-0.05, 0) is 149 Å². The Hall–Kier alpha value is -8.00. The first kappa shape index (κ1) is 35.0. The zero-order chi connectivity index (χ0) is 40.3. The first-order valence-corrected chi connectivity index (χ1v) is 21.1. The Morgan fingerprint density at radius 2 is 0.557 bits per heavy atom. The molecule has 11 aromatic carbocycles. The molecule has 0 saturated heterocycles. The quantitative estimate of drug-likeness (QED) is 0.148. The maximum Gasteiger partial charge on any atom is 0.0547 e. The van der Waals surface area contributed by atoms with Gasteiger partial charge in [0.25, 0.3) is 0 Å². The number of para-hydroxylation sites is 1. The molecule has 0 aliphatic rings. The molecule has 61 heavy (non-hydrogen) atoms. The molecule has 0 spiro atoms. The minimum absolute atomic E-state index is 1.15. The van der Waals surface area contributed by atoms with Crippen LogP contribution in [-0.2, 0) is 0 Å². The molecule has 12 rings (SSSR count). The minimum atomic E-state index is 1.15. The lowest BCUT2D eigenvalue weighted by Crippen LogP contribution is -1.93. The van der Waals surface area contributed by atoms with Crippen LogP contribution in [0.25, 0.3) is 115 Å². The Labute approximate surface area is 355 Å². The van der Waals surface area contributed by atoms with Crippen LogP contribution in [0, 0.1) is 0 Å². The summed E-state index contributed by atoms with van der Waals surface area (Å²) in [5, 5.41) is 10.2. The molecular formula is C60H39N. The van der Waals surface area contributed by atoms with Gasteiger partial charge >= 0.3 is 0 Å². The van der Waals surface area contributed by atoms with Crippen molar-refractivity contribution in [3.8, 4) is 61.3 Å². The summed E-state index contributed by atoms with van der Waals surface area (Å²) in [6.45, 7) is 0. The monoisotopic (exact) mass is 773 g/mol. The fourth-order valence-electron chi connectivity index (χ4n) is 9.59. The van der Waals surface area contributed by atoms with Crippen molar-refractivity contribution in [2.75, 3.05) is 0 Å². The number of hydrogen-bond acceptors (Lipinski definition) is 0. The molecule has 284 valence electrons. The van der Waals surface area contributed by atoms with Crippen LogP contribution in [0.15, 0.2) is 237 Å². The molecule has 0 atom stereocenters. The Kier molecular flexibility index (Phi) is 8.25. The summed E-state index contributed by atoms with van der Waals surface area (Å²) in [5.74, 6) is 0. The first-order valence-electron chi connectivity index (χ1n) is 21.1. The van der Waals surface area contributed by atoms with Crippen molar-refractivity contribution in [2.24, 2.45) is 0 Å². The minimum Gasteiger partial charge on any atom is -0.309 e. The van der Waals surface area contributed by atoms with Crippen molar-refractivity contribution in [3.05, 3.63) is 237 Å². The zero-order valence-corrected chi connectivity index (χ0v) is 33.5. The highest BCUT2D eigenvalue weighted by Crippen LogP contribution is 2.42. The van der Waals surface area contributed by atoms with E-state index in [1.807, 2.05) is 0 Å². The molecule has 0 bridgehead atoms. The van der Waals surface area contributed by atoms with E-state index >= 15 is 0 Å². The summed E-state index contributed by atoms with van der Waals surface area (Å²) in [6, 6.07) is 86.9. The number of fused-ring (bicyclic) bond motifs is 9. The van der Waals surface area contributed by atoms with E-state index < -0.39 is 0 Å². The molecule has 0 radical (unpaired) electrons. The highest BCUT2D eigenvalue weighted by atomic mass is 15.0. The molecule has 0 N–H and O–H groups in total. The van der Waals surface area contributed by atoms with Gasteiger partial charge in [-0.25, -0.2) is 0 Å². The van der Waals surface area contributed by atoms with E-state index in [9.17, 15) is 0 Å².